The van der Waals surface area contributed by atoms with Crippen LogP contribution in [-0.2, 0) is 30.0 Å². The Balaban J connectivity index is 4.74. The van der Waals surface area contributed by atoms with E-state index in [-0.39, 0.29) is 18.3 Å². The number of hydrogen-bond donors (Lipinski definition) is 0. The van der Waals surface area contributed by atoms with E-state index in [0.29, 0.717) is 0 Å². The number of rotatable bonds is 10. The first-order valence-electron chi connectivity index (χ1n) is 7.34. The molecule has 0 heterocycles. The van der Waals surface area contributed by atoms with Gasteiger partial charge >= 0.3 is 120 Å². The second-order valence-electron chi connectivity index (χ2n) is 5.64. The van der Waals surface area contributed by atoms with Crippen molar-refractivity contribution in [1.29, 1.82) is 0 Å². The van der Waals surface area contributed by atoms with Crippen LogP contribution in [0.1, 0.15) is 67.7 Å². The van der Waals surface area contributed by atoms with Crippen LogP contribution < -0.4 is 0 Å². The van der Waals surface area contributed by atoms with E-state index < -0.39 is 21.6 Å². The van der Waals surface area contributed by atoms with E-state index in [0.717, 1.165) is 10.5 Å². The third-order valence-electron chi connectivity index (χ3n) is 2.33. The zero-order chi connectivity index (χ0) is 14.2. The molecule has 0 saturated heterocycles. The first-order valence-corrected chi connectivity index (χ1v) is 12.1. The molecule has 0 aromatic carbocycles. The summed E-state index contributed by atoms with van der Waals surface area (Å²) in [6.07, 6.45) is 4.13. The summed E-state index contributed by atoms with van der Waals surface area (Å²) >= 11 is -3.36. The van der Waals surface area contributed by atoms with Gasteiger partial charge in [0.05, 0.1) is 0 Å². The third kappa shape index (κ3) is 8.79. The van der Waals surface area contributed by atoms with Crippen LogP contribution in [0.5, 0.6) is 0 Å². The van der Waals surface area contributed by atoms with Crippen molar-refractivity contribution in [2.45, 2.75) is 90.2 Å². The molecule has 0 bridgehead atoms. The molecule has 0 aromatic heterocycles. The summed E-state index contributed by atoms with van der Waals surface area (Å²) in [6, 6.07) is 0. The van der Waals surface area contributed by atoms with Crippen LogP contribution in [0.25, 0.3) is 0 Å². The fourth-order valence-electron chi connectivity index (χ4n) is 1.93. The Morgan fingerprint density at radius 1 is 0.722 bits per heavy atom. The molecule has 0 radical (unpaired) electrons. The van der Waals surface area contributed by atoms with Crippen LogP contribution in [0.15, 0.2) is 0 Å². The number of unbranched alkanes of at least 4 members (excludes halogenated alkanes) is 2. The molecule has 0 aromatic rings. The Morgan fingerprint density at radius 3 is 1.39 bits per heavy atom. The molecule has 0 N–H and O–H groups in total. The fraction of sp³-hybridized carbons (Fsp3) is 1.00. The molecule has 0 aliphatic carbocycles. The average Bonchev–Trinajstić information content (AvgIpc) is 2.13. The van der Waals surface area contributed by atoms with Crippen molar-refractivity contribution in [3.05, 3.63) is 0 Å². The molecule has 4 heteroatoms. The molecule has 0 amide bonds. The predicted octanol–water partition coefficient (Wildman–Crippen LogP) is 4.77. The summed E-state index contributed by atoms with van der Waals surface area (Å²) in [7, 11) is 0. The van der Waals surface area contributed by atoms with Gasteiger partial charge in [0.15, 0.2) is 0 Å². The molecule has 0 unspecified atom stereocenters. The summed E-state index contributed by atoms with van der Waals surface area (Å²) in [4.78, 5) is 0. The van der Waals surface area contributed by atoms with Gasteiger partial charge in [-0.25, -0.2) is 0 Å². The van der Waals surface area contributed by atoms with Crippen LogP contribution in [0.2, 0.25) is 4.13 Å². The van der Waals surface area contributed by atoms with Crippen molar-refractivity contribution in [1.82, 2.24) is 0 Å². The Labute approximate surface area is 120 Å². The van der Waals surface area contributed by atoms with Crippen molar-refractivity contribution in [3.8, 4) is 0 Å². The van der Waals surface area contributed by atoms with E-state index in [2.05, 4.69) is 48.5 Å². The summed E-state index contributed by atoms with van der Waals surface area (Å²) in [5.41, 5.74) is 0. The summed E-state index contributed by atoms with van der Waals surface area (Å²) in [6.45, 7) is 14.6. The second kappa shape index (κ2) is 9.63. The van der Waals surface area contributed by atoms with Gasteiger partial charge < -0.3 is 0 Å². The monoisotopic (exact) mass is 338 g/mol. The van der Waals surface area contributed by atoms with Gasteiger partial charge in [0, 0.05) is 0 Å². The van der Waals surface area contributed by atoms with Gasteiger partial charge in [-0.15, -0.1) is 0 Å². The van der Waals surface area contributed by atoms with E-state index in [9.17, 15) is 0 Å². The van der Waals surface area contributed by atoms with Gasteiger partial charge in [0.1, 0.15) is 0 Å². The Morgan fingerprint density at radius 2 is 1.11 bits per heavy atom. The molecular weight excluding hydrogens is 307 g/mol. The molecule has 110 valence electrons. The molecule has 0 rings (SSSR count). The fourth-order valence-corrected chi connectivity index (χ4v) is 10.2. The zero-order valence-electron chi connectivity index (χ0n) is 13.3. The van der Waals surface area contributed by atoms with Crippen LogP contribution in [0.3, 0.4) is 0 Å². The van der Waals surface area contributed by atoms with E-state index in [1.807, 2.05) is 0 Å². The minimum atomic E-state index is -3.36. The SMILES string of the molecule is CCCC[CH2][Zr]([O]C(C)C)([O]C(C)C)[O]C(C)C. The third-order valence-corrected chi connectivity index (χ3v) is 10.8. The maximum absolute atomic E-state index is 6.17. The van der Waals surface area contributed by atoms with Crippen molar-refractivity contribution < 1.29 is 30.0 Å². The molecule has 0 aliphatic rings. The molecular formula is C14H32O3Zr. The van der Waals surface area contributed by atoms with Crippen molar-refractivity contribution in [2.75, 3.05) is 0 Å². The molecule has 0 aliphatic heterocycles. The van der Waals surface area contributed by atoms with Crippen molar-refractivity contribution in [2.24, 2.45) is 0 Å². The topological polar surface area (TPSA) is 27.7 Å². The van der Waals surface area contributed by atoms with Gasteiger partial charge in [-0.1, -0.05) is 0 Å². The minimum absolute atomic E-state index is 0.180. The first-order chi connectivity index (χ1) is 8.31. The predicted molar refractivity (Wildman–Crippen MR) is 73.0 cm³/mol. The zero-order valence-corrected chi connectivity index (χ0v) is 15.7. The maximum atomic E-state index is 6.17. The van der Waals surface area contributed by atoms with E-state index >= 15 is 0 Å². The summed E-state index contributed by atoms with van der Waals surface area (Å²) in [5.74, 6) is 0. The van der Waals surface area contributed by atoms with Gasteiger partial charge in [0.25, 0.3) is 0 Å². The molecule has 3 nitrogen and oxygen atoms in total. The normalized spacial score (nSPS) is 13.0. The molecule has 0 spiro atoms. The average molecular weight is 340 g/mol. The molecule has 0 atom stereocenters. The van der Waals surface area contributed by atoms with Gasteiger partial charge in [0.2, 0.25) is 0 Å². The van der Waals surface area contributed by atoms with E-state index in [1.54, 1.807) is 0 Å². The van der Waals surface area contributed by atoms with Crippen LogP contribution >= 0.6 is 0 Å². The number of hydrogen-bond acceptors (Lipinski definition) is 3. The second-order valence-corrected chi connectivity index (χ2v) is 12.0. The Kier molecular flexibility index (Phi) is 10.0. The van der Waals surface area contributed by atoms with E-state index in [1.165, 1.54) is 12.8 Å². The van der Waals surface area contributed by atoms with Crippen LogP contribution in [0, 0.1) is 0 Å². The van der Waals surface area contributed by atoms with Gasteiger partial charge in [-0.3, -0.25) is 0 Å². The Hall–Kier alpha value is 0.763. The van der Waals surface area contributed by atoms with Crippen molar-refractivity contribution >= 4 is 0 Å². The van der Waals surface area contributed by atoms with Crippen LogP contribution in [-0.4, -0.2) is 18.3 Å². The van der Waals surface area contributed by atoms with E-state index in [4.69, 9.17) is 8.44 Å². The molecule has 0 saturated carbocycles. The van der Waals surface area contributed by atoms with Gasteiger partial charge in [-0.2, -0.15) is 0 Å². The molecule has 0 fully saturated rings. The van der Waals surface area contributed by atoms with Crippen molar-refractivity contribution in [3.63, 3.8) is 0 Å². The standard InChI is InChI=1S/C5H11.3C3H7O.Zr/c1-3-5-4-2;3*1-3(2)4;/h1,3-5H2,2H3;3*3H,1-2H3;/q;3*-1;+3. The first kappa shape index (κ1) is 18.8. The molecule has 18 heavy (non-hydrogen) atoms. The summed E-state index contributed by atoms with van der Waals surface area (Å²) < 4.78 is 19.5. The van der Waals surface area contributed by atoms with Crippen LogP contribution in [0.4, 0.5) is 0 Å². The Bertz CT molecular complexity index is 179. The van der Waals surface area contributed by atoms with Gasteiger partial charge in [-0.05, 0) is 0 Å². The quantitative estimate of drug-likeness (QED) is 0.537. The summed E-state index contributed by atoms with van der Waals surface area (Å²) in [5, 5.41) is 0.